The number of esters is 1. The number of Topliss-reactive ketones (excluding diaryl/α,β-unsaturated/α-hetero) is 1. The van der Waals surface area contributed by atoms with Crippen LogP contribution in [0.15, 0.2) is 48.5 Å². The van der Waals surface area contributed by atoms with Gasteiger partial charge in [-0.2, -0.15) is 0 Å². The predicted molar refractivity (Wildman–Crippen MR) is 72.0 cm³/mol. The lowest BCUT2D eigenvalue weighted by molar-refractivity contribution is 0.0314. The molecule has 0 aromatic heterocycles. The molecule has 5 heteroatoms. The summed E-state index contributed by atoms with van der Waals surface area (Å²) >= 11 is 0. The third-order valence-electron chi connectivity index (χ3n) is 2.86. The lowest BCUT2D eigenvalue weighted by atomic mass is 10.1. The Morgan fingerprint density at radius 1 is 1.05 bits per heavy atom. The highest BCUT2D eigenvalue weighted by Gasteiger charge is 2.22. The molecule has 0 bridgehead atoms. The van der Waals surface area contributed by atoms with Gasteiger partial charge in [0, 0.05) is 11.6 Å². The molecule has 0 fully saturated rings. The molecule has 21 heavy (non-hydrogen) atoms. The maximum Gasteiger partial charge on any atom is 0.341 e. The molecule has 0 heterocycles. The maximum atomic E-state index is 13.4. The van der Waals surface area contributed by atoms with E-state index in [-0.39, 0.29) is 0 Å². The Labute approximate surface area is 120 Å². The van der Waals surface area contributed by atoms with Crippen LogP contribution < -0.4 is 0 Å². The number of benzene rings is 2. The van der Waals surface area contributed by atoms with Crippen LogP contribution in [-0.2, 0) is 4.74 Å². The summed E-state index contributed by atoms with van der Waals surface area (Å²) in [4.78, 5) is 23.8. The van der Waals surface area contributed by atoms with Crippen molar-refractivity contribution < 1.29 is 23.1 Å². The number of hydrogen-bond acceptors (Lipinski definition) is 3. The number of halogens is 2. The van der Waals surface area contributed by atoms with Crippen LogP contribution in [0.3, 0.4) is 0 Å². The maximum absolute atomic E-state index is 13.4. The van der Waals surface area contributed by atoms with Gasteiger partial charge >= 0.3 is 5.97 Å². The molecule has 2 aromatic carbocycles. The molecule has 3 nitrogen and oxygen atoms in total. The van der Waals surface area contributed by atoms with Gasteiger partial charge in [0.1, 0.15) is 11.6 Å². The Kier molecular flexibility index (Phi) is 4.42. The molecule has 0 saturated heterocycles. The van der Waals surface area contributed by atoms with Crippen molar-refractivity contribution in [1.82, 2.24) is 0 Å². The van der Waals surface area contributed by atoms with Crippen LogP contribution in [0.5, 0.6) is 0 Å². The Morgan fingerprint density at radius 2 is 1.71 bits per heavy atom. The second-order valence-electron chi connectivity index (χ2n) is 4.40. The summed E-state index contributed by atoms with van der Waals surface area (Å²) in [6, 6.07) is 10.8. The zero-order chi connectivity index (χ0) is 15.4. The van der Waals surface area contributed by atoms with Crippen molar-refractivity contribution in [2.24, 2.45) is 0 Å². The van der Waals surface area contributed by atoms with E-state index in [2.05, 4.69) is 0 Å². The van der Waals surface area contributed by atoms with Crippen LogP contribution in [-0.4, -0.2) is 17.9 Å². The highest BCUT2D eigenvalue weighted by atomic mass is 19.1. The van der Waals surface area contributed by atoms with Gasteiger partial charge in [0.25, 0.3) is 0 Å². The third-order valence-corrected chi connectivity index (χ3v) is 2.86. The molecular formula is C16H12F2O3. The van der Waals surface area contributed by atoms with Crippen molar-refractivity contribution in [3.63, 3.8) is 0 Å². The first-order chi connectivity index (χ1) is 9.99. The number of ether oxygens (including phenoxy) is 1. The van der Waals surface area contributed by atoms with Crippen molar-refractivity contribution >= 4 is 11.8 Å². The van der Waals surface area contributed by atoms with E-state index in [0.29, 0.717) is 11.6 Å². The van der Waals surface area contributed by atoms with Gasteiger partial charge in [-0.25, -0.2) is 13.6 Å². The largest absolute Gasteiger partial charge is 0.451 e. The standard InChI is InChI=1S/C16H12F2O3/c1-10(15(19)11-5-3-2-4-6-11)21-16(20)13-8-7-12(17)9-14(13)18/h2-10H,1H3. The molecule has 0 aliphatic carbocycles. The van der Waals surface area contributed by atoms with E-state index in [1.54, 1.807) is 30.3 Å². The van der Waals surface area contributed by atoms with E-state index in [0.717, 1.165) is 12.1 Å². The summed E-state index contributed by atoms with van der Waals surface area (Å²) in [5.41, 5.74) is -0.0264. The van der Waals surface area contributed by atoms with Gasteiger partial charge in [-0.3, -0.25) is 4.79 Å². The number of rotatable bonds is 4. The second kappa shape index (κ2) is 6.26. The number of carbonyl (C=O) groups excluding carboxylic acids is 2. The van der Waals surface area contributed by atoms with E-state index in [1.165, 1.54) is 6.92 Å². The highest BCUT2D eigenvalue weighted by molar-refractivity contribution is 6.01. The fourth-order valence-corrected chi connectivity index (χ4v) is 1.77. The SMILES string of the molecule is CC(OC(=O)c1ccc(F)cc1F)C(=O)c1ccccc1. The van der Waals surface area contributed by atoms with Crippen LogP contribution in [0.25, 0.3) is 0 Å². The molecule has 1 unspecified atom stereocenters. The topological polar surface area (TPSA) is 43.4 Å². The van der Waals surface area contributed by atoms with E-state index < -0.39 is 35.1 Å². The number of carbonyl (C=O) groups is 2. The normalized spacial score (nSPS) is 11.8. The average Bonchev–Trinajstić information content (AvgIpc) is 2.47. The van der Waals surface area contributed by atoms with Crippen molar-refractivity contribution in [1.29, 1.82) is 0 Å². The molecule has 2 aromatic rings. The monoisotopic (exact) mass is 290 g/mol. The fraction of sp³-hybridized carbons (Fsp3) is 0.125. The molecule has 2 rings (SSSR count). The molecule has 108 valence electrons. The van der Waals surface area contributed by atoms with Crippen molar-refractivity contribution in [2.45, 2.75) is 13.0 Å². The van der Waals surface area contributed by atoms with E-state index in [1.807, 2.05) is 0 Å². The summed E-state index contributed by atoms with van der Waals surface area (Å²) in [6.07, 6.45) is -1.07. The molecule has 0 amide bonds. The van der Waals surface area contributed by atoms with Gasteiger partial charge in [-0.05, 0) is 19.1 Å². The van der Waals surface area contributed by atoms with Gasteiger partial charge < -0.3 is 4.74 Å². The minimum atomic E-state index is -1.07. The molecule has 0 aliphatic heterocycles. The fourth-order valence-electron chi connectivity index (χ4n) is 1.77. The first-order valence-electron chi connectivity index (χ1n) is 6.24. The first kappa shape index (κ1) is 14.8. The molecule has 0 saturated carbocycles. The molecule has 1 atom stereocenters. The van der Waals surface area contributed by atoms with Crippen LogP contribution in [0.4, 0.5) is 8.78 Å². The Balaban J connectivity index is 2.10. The van der Waals surface area contributed by atoms with Gasteiger partial charge in [0.2, 0.25) is 5.78 Å². The van der Waals surface area contributed by atoms with Gasteiger partial charge in [-0.1, -0.05) is 30.3 Å². The lowest BCUT2D eigenvalue weighted by Crippen LogP contribution is -2.24. The van der Waals surface area contributed by atoms with Gasteiger partial charge in [-0.15, -0.1) is 0 Å². The molecular weight excluding hydrogens is 278 g/mol. The second-order valence-corrected chi connectivity index (χ2v) is 4.40. The summed E-state index contributed by atoms with van der Waals surface area (Å²) in [6.45, 7) is 1.40. The Morgan fingerprint density at radius 3 is 2.33 bits per heavy atom. The highest BCUT2D eigenvalue weighted by Crippen LogP contribution is 2.13. The smallest absolute Gasteiger partial charge is 0.341 e. The van der Waals surface area contributed by atoms with E-state index in [9.17, 15) is 18.4 Å². The van der Waals surface area contributed by atoms with E-state index >= 15 is 0 Å². The van der Waals surface area contributed by atoms with Gasteiger partial charge in [0.05, 0.1) is 5.56 Å². The first-order valence-corrected chi connectivity index (χ1v) is 6.24. The third kappa shape index (κ3) is 3.51. The van der Waals surface area contributed by atoms with Crippen LogP contribution >= 0.6 is 0 Å². The Hall–Kier alpha value is -2.56. The summed E-state index contributed by atoms with van der Waals surface area (Å²) in [5, 5.41) is 0. The van der Waals surface area contributed by atoms with Crippen LogP contribution in [0, 0.1) is 11.6 Å². The summed E-state index contributed by atoms with van der Waals surface area (Å²) in [7, 11) is 0. The lowest BCUT2D eigenvalue weighted by Gasteiger charge is -2.12. The van der Waals surface area contributed by atoms with Gasteiger partial charge in [0.15, 0.2) is 6.10 Å². The minimum Gasteiger partial charge on any atom is -0.451 e. The zero-order valence-electron chi connectivity index (χ0n) is 11.2. The van der Waals surface area contributed by atoms with Crippen LogP contribution in [0.2, 0.25) is 0 Å². The average molecular weight is 290 g/mol. The molecule has 0 aliphatic rings. The zero-order valence-corrected chi connectivity index (χ0v) is 11.2. The molecule has 0 N–H and O–H groups in total. The predicted octanol–water partition coefficient (Wildman–Crippen LogP) is 3.39. The summed E-state index contributed by atoms with van der Waals surface area (Å²) < 4.78 is 31.1. The minimum absolute atomic E-state index is 0.386. The van der Waals surface area contributed by atoms with Crippen molar-refractivity contribution in [3.8, 4) is 0 Å². The quantitative estimate of drug-likeness (QED) is 0.640. The van der Waals surface area contributed by atoms with E-state index in [4.69, 9.17) is 4.74 Å². The molecule has 0 radical (unpaired) electrons. The number of ketones is 1. The number of hydrogen-bond donors (Lipinski definition) is 0. The van der Waals surface area contributed by atoms with Crippen LogP contribution in [0.1, 0.15) is 27.6 Å². The summed E-state index contributed by atoms with van der Waals surface area (Å²) in [5.74, 6) is -3.23. The van der Waals surface area contributed by atoms with Crippen molar-refractivity contribution in [3.05, 3.63) is 71.3 Å². The van der Waals surface area contributed by atoms with Crippen molar-refractivity contribution in [2.75, 3.05) is 0 Å². The molecule has 0 spiro atoms. The Bertz CT molecular complexity index is 668.